The van der Waals surface area contributed by atoms with Crippen molar-refractivity contribution in [1.82, 2.24) is 25.0 Å². The van der Waals surface area contributed by atoms with E-state index in [2.05, 4.69) is 10.1 Å². The maximum atomic E-state index is 14.1. The highest BCUT2D eigenvalue weighted by Crippen LogP contribution is 2.36. The van der Waals surface area contributed by atoms with Crippen LogP contribution in [0.25, 0.3) is 0 Å². The molecular weight excluding hydrogens is 646 g/mol. The summed E-state index contributed by atoms with van der Waals surface area (Å²) in [7, 11) is -0.231. The largest absolute Gasteiger partial charge is 0.393 e. The summed E-state index contributed by atoms with van der Waals surface area (Å²) in [6, 6.07) is -0.665. The van der Waals surface area contributed by atoms with Crippen molar-refractivity contribution >= 4 is 27.7 Å². The van der Waals surface area contributed by atoms with E-state index in [1.54, 1.807) is 19.1 Å². The second kappa shape index (κ2) is 20.3. The van der Waals surface area contributed by atoms with Crippen LogP contribution in [0.3, 0.4) is 0 Å². The average molecular weight is 714 g/mol. The van der Waals surface area contributed by atoms with Crippen LogP contribution in [0.4, 0.5) is 0 Å². The lowest BCUT2D eigenvalue weighted by Crippen LogP contribution is -2.55. The van der Waals surface area contributed by atoms with E-state index < -0.39 is 45.2 Å². The molecule has 49 heavy (non-hydrogen) atoms. The van der Waals surface area contributed by atoms with Crippen LogP contribution in [-0.2, 0) is 24.4 Å². The molecule has 0 bridgehead atoms. The molecule has 3 saturated carbocycles. The van der Waals surface area contributed by atoms with Gasteiger partial charge in [-0.15, -0.1) is 4.83 Å². The Bertz CT molecular complexity index is 1130. The molecule has 0 aromatic carbocycles. The van der Waals surface area contributed by atoms with Crippen molar-refractivity contribution < 1.29 is 33.0 Å². The number of sulfonamides is 1. The molecule has 0 aromatic heterocycles. The molecule has 3 rings (SSSR count). The number of hydrogen-bond donors (Lipinski definition) is 4. The van der Waals surface area contributed by atoms with Crippen molar-refractivity contribution in [1.29, 1.82) is 0 Å². The minimum absolute atomic E-state index is 0.00411. The van der Waals surface area contributed by atoms with Crippen molar-refractivity contribution in [3.8, 4) is 0 Å². The molecule has 0 aromatic rings. The quantitative estimate of drug-likeness (QED) is 0.157. The standard InChI is InChI=1S/C36H67N5O7S/c1-6-18-40(19-7-2)36(46)29-23-27(22-28(24-29)35(45)39(4)5)34(44)37-32(21-26-14-16-30(42)17-15-26)33(43)25-41(20-8-3)38-49(47,48)31-12-10-9-11-13-31/h26-33,38,42-43H,6-25H2,1-5H3,(H,37,44). The van der Waals surface area contributed by atoms with Crippen LogP contribution in [0.1, 0.15) is 124 Å². The van der Waals surface area contributed by atoms with E-state index in [0.717, 1.165) is 44.9 Å². The van der Waals surface area contributed by atoms with Gasteiger partial charge in [0, 0.05) is 58.0 Å². The van der Waals surface area contributed by atoms with Crippen molar-refractivity contribution in [2.75, 3.05) is 40.3 Å². The summed E-state index contributed by atoms with van der Waals surface area (Å²) in [5.41, 5.74) is 0. The normalized spacial score (nSPS) is 26.6. The molecule has 284 valence electrons. The first-order valence-corrected chi connectivity index (χ1v) is 20.8. The highest BCUT2D eigenvalue weighted by atomic mass is 32.2. The Labute approximate surface area is 296 Å². The number of nitrogens with zero attached hydrogens (tertiary/aromatic N) is 3. The third kappa shape index (κ3) is 12.7. The second-order valence-corrected chi connectivity index (χ2v) is 17.2. The lowest BCUT2D eigenvalue weighted by atomic mass is 9.73. The number of rotatable bonds is 18. The molecule has 3 aliphatic carbocycles. The Morgan fingerprint density at radius 1 is 0.776 bits per heavy atom. The van der Waals surface area contributed by atoms with E-state index in [-0.39, 0.29) is 36.3 Å². The molecule has 0 saturated heterocycles. The zero-order chi connectivity index (χ0) is 36.1. The van der Waals surface area contributed by atoms with E-state index in [1.807, 2.05) is 25.7 Å². The fourth-order valence-corrected chi connectivity index (χ4v) is 9.84. The van der Waals surface area contributed by atoms with E-state index in [0.29, 0.717) is 77.4 Å². The SMILES string of the molecule is CCCN(CC(O)C(CC1CCC(O)CC1)NC(=O)C1CC(C(=O)N(C)C)CC(C(=O)N(CCC)CCC)C1)NS(=O)(=O)C1CCCCC1. The third-order valence-electron chi connectivity index (χ3n) is 10.9. The highest BCUT2D eigenvalue weighted by Gasteiger charge is 2.42. The van der Waals surface area contributed by atoms with Gasteiger partial charge in [0.2, 0.25) is 27.7 Å². The van der Waals surface area contributed by atoms with Gasteiger partial charge in [0.25, 0.3) is 0 Å². The number of hydrogen-bond acceptors (Lipinski definition) is 8. The summed E-state index contributed by atoms with van der Waals surface area (Å²) in [4.78, 5) is 47.3. The molecular formula is C36H67N5O7S. The van der Waals surface area contributed by atoms with Gasteiger partial charge in [0.05, 0.1) is 23.5 Å². The van der Waals surface area contributed by atoms with E-state index >= 15 is 0 Å². The molecule has 0 spiro atoms. The summed E-state index contributed by atoms with van der Waals surface area (Å²) >= 11 is 0. The van der Waals surface area contributed by atoms with Gasteiger partial charge in [-0.25, -0.2) is 13.4 Å². The number of carbonyl (C=O) groups is 3. The molecule has 13 heteroatoms. The van der Waals surface area contributed by atoms with Crippen LogP contribution in [0.5, 0.6) is 0 Å². The molecule has 3 amide bonds. The second-order valence-electron chi connectivity index (χ2n) is 15.3. The van der Waals surface area contributed by atoms with Gasteiger partial charge in [0.15, 0.2) is 0 Å². The number of hydrazine groups is 1. The Hall–Kier alpha value is -1.80. The van der Waals surface area contributed by atoms with E-state index in [4.69, 9.17) is 0 Å². The maximum absolute atomic E-state index is 14.1. The number of amides is 3. The fraction of sp³-hybridized carbons (Fsp3) is 0.917. The van der Waals surface area contributed by atoms with E-state index in [9.17, 15) is 33.0 Å². The predicted octanol–water partition coefficient (Wildman–Crippen LogP) is 3.42. The van der Waals surface area contributed by atoms with Crippen molar-refractivity contribution in [2.24, 2.45) is 23.7 Å². The molecule has 3 aliphatic rings. The molecule has 0 radical (unpaired) electrons. The lowest BCUT2D eigenvalue weighted by molar-refractivity contribution is -0.143. The molecule has 3 fully saturated rings. The zero-order valence-electron chi connectivity index (χ0n) is 30.9. The Kier molecular flexibility index (Phi) is 17.2. The molecule has 5 unspecified atom stereocenters. The number of aliphatic hydroxyl groups excluding tert-OH is 2. The summed E-state index contributed by atoms with van der Waals surface area (Å²) < 4.78 is 26.6. The first-order chi connectivity index (χ1) is 23.3. The Morgan fingerprint density at radius 3 is 1.88 bits per heavy atom. The predicted molar refractivity (Wildman–Crippen MR) is 191 cm³/mol. The monoisotopic (exact) mass is 713 g/mol. The fourth-order valence-electron chi connectivity index (χ4n) is 8.21. The summed E-state index contributed by atoms with van der Waals surface area (Å²) in [6.07, 6.45) is 9.42. The van der Waals surface area contributed by atoms with Crippen LogP contribution in [0, 0.1) is 23.7 Å². The minimum atomic E-state index is -3.62. The van der Waals surface area contributed by atoms with Gasteiger partial charge >= 0.3 is 0 Å². The average Bonchev–Trinajstić information content (AvgIpc) is 3.08. The van der Waals surface area contributed by atoms with Gasteiger partial charge in [0.1, 0.15) is 0 Å². The van der Waals surface area contributed by atoms with Crippen molar-refractivity contribution in [3.05, 3.63) is 0 Å². The number of carbonyl (C=O) groups excluding carboxylic acids is 3. The first-order valence-electron chi connectivity index (χ1n) is 19.2. The molecule has 12 nitrogen and oxygen atoms in total. The lowest BCUT2D eigenvalue weighted by Gasteiger charge is -2.38. The molecule has 4 N–H and O–H groups in total. The highest BCUT2D eigenvalue weighted by molar-refractivity contribution is 7.90. The van der Waals surface area contributed by atoms with Gasteiger partial charge < -0.3 is 25.3 Å². The first kappa shape index (κ1) is 41.6. The van der Waals surface area contributed by atoms with Gasteiger partial charge in [-0.1, -0.05) is 40.0 Å². The Balaban J connectivity index is 1.82. The number of aliphatic hydroxyl groups is 2. The third-order valence-corrected chi connectivity index (χ3v) is 12.7. The molecule has 0 heterocycles. The summed E-state index contributed by atoms with van der Waals surface area (Å²) in [5.74, 6) is -1.69. The van der Waals surface area contributed by atoms with Crippen LogP contribution in [-0.4, -0.2) is 115 Å². The minimum Gasteiger partial charge on any atom is -0.393 e. The van der Waals surface area contributed by atoms with Crippen LogP contribution in [0.15, 0.2) is 0 Å². The van der Waals surface area contributed by atoms with Crippen LogP contribution in [0.2, 0.25) is 0 Å². The van der Waals surface area contributed by atoms with Crippen LogP contribution < -0.4 is 10.1 Å². The van der Waals surface area contributed by atoms with Gasteiger partial charge in [-0.05, 0) is 89.4 Å². The van der Waals surface area contributed by atoms with Crippen LogP contribution >= 0.6 is 0 Å². The van der Waals surface area contributed by atoms with E-state index in [1.165, 1.54) is 4.90 Å². The Morgan fingerprint density at radius 2 is 1.33 bits per heavy atom. The van der Waals surface area contributed by atoms with Crippen molar-refractivity contribution in [2.45, 2.75) is 147 Å². The maximum Gasteiger partial charge on any atom is 0.227 e. The summed E-state index contributed by atoms with van der Waals surface area (Å²) in [5, 5.41) is 26.1. The van der Waals surface area contributed by atoms with Gasteiger partial charge in [-0.3, -0.25) is 14.4 Å². The number of nitrogens with one attached hydrogen (secondary N) is 2. The van der Waals surface area contributed by atoms with Crippen molar-refractivity contribution in [3.63, 3.8) is 0 Å². The smallest absolute Gasteiger partial charge is 0.227 e. The molecule has 0 aliphatic heterocycles. The zero-order valence-corrected chi connectivity index (χ0v) is 31.8. The topological polar surface area (TPSA) is 160 Å². The molecule has 5 atom stereocenters. The summed E-state index contributed by atoms with van der Waals surface area (Å²) in [6.45, 7) is 7.71. The van der Waals surface area contributed by atoms with Gasteiger partial charge in [-0.2, -0.15) is 0 Å².